The summed E-state index contributed by atoms with van der Waals surface area (Å²) in [5.41, 5.74) is 4.58. The monoisotopic (exact) mass is 283 g/mol. The van der Waals surface area contributed by atoms with Gasteiger partial charge in [0.1, 0.15) is 11.6 Å². The molecule has 1 heterocycles. The molecule has 3 heteroatoms. The number of nitrogens with zero attached hydrogens (tertiary/aromatic N) is 2. The minimum Gasteiger partial charge on any atom is -0.370 e. The van der Waals surface area contributed by atoms with Gasteiger partial charge in [0.25, 0.3) is 0 Å². The molecule has 0 saturated carbocycles. The van der Waals surface area contributed by atoms with Crippen LogP contribution in [0.4, 0.5) is 5.82 Å². The molecular formula is C18H25N3. The minimum absolute atomic E-state index is 0.0704. The van der Waals surface area contributed by atoms with Gasteiger partial charge in [0, 0.05) is 23.6 Å². The Balaban J connectivity index is 2.59. The number of benzene rings is 1. The molecule has 21 heavy (non-hydrogen) atoms. The van der Waals surface area contributed by atoms with E-state index in [1.807, 2.05) is 6.07 Å². The summed E-state index contributed by atoms with van der Waals surface area (Å²) in [6, 6.07) is 8.57. The molecule has 0 unspecified atom stereocenters. The Morgan fingerprint density at radius 2 is 1.57 bits per heavy atom. The molecule has 0 fully saturated rings. The third kappa shape index (κ3) is 3.81. The Morgan fingerprint density at radius 1 is 0.952 bits per heavy atom. The summed E-state index contributed by atoms with van der Waals surface area (Å²) in [6.07, 6.45) is 0. The normalized spacial score (nSPS) is 11.5. The fourth-order valence-corrected chi connectivity index (χ4v) is 2.32. The van der Waals surface area contributed by atoms with E-state index in [0.717, 1.165) is 29.4 Å². The Morgan fingerprint density at radius 3 is 2.10 bits per heavy atom. The predicted octanol–water partition coefficient (Wildman–Crippen LogP) is 4.49. The van der Waals surface area contributed by atoms with Crippen molar-refractivity contribution in [1.29, 1.82) is 0 Å². The molecule has 0 amide bonds. The number of nitrogens with one attached hydrogen (secondary N) is 1. The zero-order chi connectivity index (χ0) is 15.6. The second-order valence-electron chi connectivity index (χ2n) is 6.62. The highest BCUT2D eigenvalue weighted by molar-refractivity contribution is 5.64. The van der Waals surface area contributed by atoms with Gasteiger partial charge >= 0.3 is 0 Å². The molecule has 0 spiro atoms. The zero-order valence-corrected chi connectivity index (χ0v) is 13.9. The number of anilines is 1. The highest BCUT2D eigenvalue weighted by Crippen LogP contribution is 2.26. The van der Waals surface area contributed by atoms with Gasteiger partial charge in [0.2, 0.25) is 0 Å². The molecule has 1 aromatic carbocycles. The SMILES string of the molecule is CCNc1cc(-c2cc(C)cc(C)c2)nc(C(C)(C)C)n1. The molecule has 2 rings (SSSR count). The Kier molecular flexibility index (Phi) is 4.31. The molecular weight excluding hydrogens is 258 g/mol. The average molecular weight is 283 g/mol. The largest absolute Gasteiger partial charge is 0.370 e. The van der Waals surface area contributed by atoms with Gasteiger partial charge in [-0.3, -0.25) is 0 Å². The quantitative estimate of drug-likeness (QED) is 0.902. The molecule has 0 aliphatic rings. The van der Waals surface area contributed by atoms with Gasteiger partial charge in [-0.25, -0.2) is 9.97 Å². The maximum atomic E-state index is 4.79. The van der Waals surface area contributed by atoms with E-state index in [1.165, 1.54) is 11.1 Å². The minimum atomic E-state index is -0.0704. The molecule has 2 aromatic rings. The van der Waals surface area contributed by atoms with Gasteiger partial charge in [-0.2, -0.15) is 0 Å². The van der Waals surface area contributed by atoms with Crippen molar-refractivity contribution in [3.05, 3.63) is 41.2 Å². The van der Waals surface area contributed by atoms with Gasteiger partial charge in [0.15, 0.2) is 0 Å². The van der Waals surface area contributed by atoms with Crippen LogP contribution in [0.3, 0.4) is 0 Å². The number of rotatable bonds is 3. The molecule has 0 bridgehead atoms. The second kappa shape index (κ2) is 5.84. The maximum absolute atomic E-state index is 4.79. The summed E-state index contributed by atoms with van der Waals surface area (Å²) in [7, 11) is 0. The van der Waals surface area contributed by atoms with E-state index in [9.17, 15) is 0 Å². The van der Waals surface area contributed by atoms with Crippen LogP contribution in [0.1, 0.15) is 44.6 Å². The van der Waals surface area contributed by atoms with Crippen molar-refractivity contribution in [2.24, 2.45) is 0 Å². The lowest BCUT2D eigenvalue weighted by molar-refractivity contribution is 0.546. The third-order valence-electron chi connectivity index (χ3n) is 3.27. The summed E-state index contributed by atoms with van der Waals surface area (Å²) in [6.45, 7) is 13.6. The molecule has 0 aliphatic carbocycles. The van der Waals surface area contributed by atoms with Gasteiger partial charge in [-0.1, -0.05) is 38.0 Å². The van der Waals surface area contributed by atoms with E-state index in [2.05, 4.69) is 70.0 Å². The van der Waals surface area contributed by atoms with Crippen LogP contribution in [-0.4, -0.2) is 16.5 Å². The standard InChI is InChI=1S/C18H25N3/c1-7-19-16-11-15(20-17(21-16)18(4,5)6)14-9-12(2)8-13(3)10-14/h8-11H,7H2,1-6H3,(H,19,20,21). The smallest absolute Gasteiger partial charge is 0.136 e. The van der Waals surface area contributed by atoms with E-state index in [-0.39, 0.29) is 5.41 Å². The van der Waals surface area contributed by atoms with E-state index in [4.69, 9.17) is 4.98 Å². The first kappa shape index (κ1) is 15.5. The van der Waals surface area contributed by atoms with Gasteiger partial charge in [-0.15, -0.1) is 0 Å². The van der Waals surface area contributed by atoms with E-state index >= 15 is 0 Å². The number of aromatic nitrogens is 2. The first-order valence-electron chi connectivity index (χ1n) is 7.51. The van der Waals surface area contributed by atoms with Crippen molar-refractivity contribution in [3.63, 3.8) is 0 Å². The lowest BCUT2D eigenvalue weighted by Crippen LogP contribution is -2.17. The topological polar surface area (TPSA) is 37.8 Å². The fraction of sp³-hybridized carbons (Fsp3) is 0.444. The van der Waals surface area contributed by atoms with Crippen molar-refractivity contribution >= 4 is 5.82 Å². The van der Waals surface area contributed by atoms with Gasteiger partial charge in [-0.05, 0) is 32.9 Å². The Bertz CT molecular complexity index is 619. The van der Waals surface area contributed by atoms with Crippen LogP contribution >= 0.6 is 0 Å². The molecule has 3 nitrogen and oxygen atoms in total. The van der Waals surface area contributed by atoms with Crippen molar-refractivity contribution in [1.82, 2.24) is 9.97 Å². The van der Waals surface area contributed by atoms with Crippen molar-refractivity contribution in [3.8, 4) is 11.3 Å². The van der Waals surface area contributed by atoms with Crippen molar-refractivity contribution in [2.45, 2.75) is 47.0 Å². The van der Waals surface area contributed by atoms with Crippen LogP contribution in [0, 0.1) is 13.8 Å². The van der Waals surface area contributed by atoms with E-state index in [1.54, 1.807) is 0 Å². The first-order valence-corrected chi connectivity index (χ1v) is 7.51. The molecule has 1 N–H and O–H groups in total. The van der Waals surface area contributed by atoms with Gasteiger partial charge in [0.05, 0.1) is 5.69 Å². The van der Waals surface area contributed by atoms with Crippen LogP contribution in [-0.2, 0) is 5.41 Å². The molecule has 0 radical (unpaired) electrons. The number of aryl methyl sites for hydroxylation is 2. The fourth-order valence-electron chi connectivity index (χ4n) is 2.32. The first-order chi connectivity index (χ1) is 9.79. The third-order valence-corrected chi connectivity index (χ3v) is 3.27. The van der Waals surface area contributed by atoms with Crippen LogP contribution in [0.5, 0.6) is 0 Å². The molecule has 1 aromatic heterocycles. The Hall–Kier alpha value is -1.90. The second-order valence-corrected chi connectivity index (χ2v) is 6.62. The van der Waals surface area contributed by atoms with Crippen LogP contribution in [0.2, 0.25) is 0 Å². The summed E-state index contributed by atoms with van der Waals surface area (Å²) in [5.74, 6) is 1.77. The Labute approximate surface area is 127 Å². The number of hydrogen-bond acceptors (Lipinski definition) is 3. The van der Waals surface area contributed by atoms with Gasteiger partial charge < -0.3 is 5.32 Å². The van der Waals surface area contributed by atoms with Crippen molar-refractivity contribution < 1.29 is 0 Å². The zero-order valence-electron chi connectivity index (χ0n) is 13.9. The number of hydrogen-bond donors (Lipinski definition) is 1. The summed E-state index contributed by atoms with van der Waals surface area (Å²) in [5, 5.41) is 3.31. The molecule has 112 valence electrons. The predicted molar refractivity (Wildman–Crippen MR) is 89.8 cm³/mol. The van der Waals surface area contributed by atoms with E-state index < -0.39 is 0 Å². The highest BCUT2D eigenvalue weighted by atomic mass is 15.0. The molecule has 0 saturated heterocycles. The lowest BCUT2D eigenvalue weighted by atomic mass is 9.95. The lowest BCUT2D eigenvalue weighted by Gasteiger charge is -2.19. The summed E-state index contributed by atoms with van der Waals surface area (Å²) < 4.78 is 0. The maximum Gasteiger partial charge on any atom is 0.136 e. The summed E-state index contributed by atoms with van der Waals surface area (Å²) in [4.78, 5) is 9.43. The van der Waals surface area contributed by atoms with Crippen LogP contribution in [0.15, 0.2) is 24.3 Å². The molecule has 0 atom stereocenters. The molecule has 0 aliphatic heterocycles. The highest BCUT2D eigenvalue weighted by Gasteiger charge is 2.19. The average Bonchev–Trinajstić information content (AvgIpc) is 2.36. The van der Waals surface area contributed by atoms with Crippen molar-refractivity contribution in [2.75, 3.05) is 11.9 Å². The van der Waals surface area contributed by atoms with Crippen LogP contribution in [0.25, 0.3) is 11.3 Å². The van der Waals surface area contributed by atoms with Crippen LogP contribution < -0.4 is 5.32 Å². The summed E-state index contributed by atoms with van der Waals surface area (Å²) >= 11 is 0. The van der Waals surface area contributed by atoms with E-state index in [0.29, 0.717) is 0 Å².